The van der Waals surface area contributed by atoms with Gasteiger partial charge in [0.15, 0.2) is 0 Å². The molecule has 106 valence electrons. The van der Waals surface area contributed by atoms with Crippen molar-refractivity contribution in [2.45, 2.75) is 25.2 Å². The van der Waals surface area contributed by atoms with Crippen LogP contribution in [0.2, 0.25) is 0 Å². The number of nitrogens with one attached hydrogen (secondary N) is 2. The maximum Gasteiger partial charge on any atom is 0.328 e. The molecule has 0 heterocycles. The summed E-state index contributed by atoms with van der Waals surface area (Å²) in [6, 6.07) is 2.16. The van der Waals surface area contributed by atoms with Crippen LogP contribution in [0.25, 0.3) is 0 Å². The van der Waals surface area contributed by atoms with E-state index in [1.54, 1.807) is 13.0 Å². The first kappa shape index (κ1) is 15.8. The number of hydrogen-bond donors (Lipinski definition) is 3. The number of urea groups is 1. The molecular weight excluding hydrogens is 334 g/mol. The van der Waals surface area contributed by atoms with Crippen molar-refractivity contribution in [2.24, 2.45) is 0 Å². The summed E-state index contributed by atoms with van der Waals surface area (Å²) in [5.41, 5.74) is 6.45. The first-order valence-corrected chi connectivity index (χ1v) is 7.91. The number of nitrogen functional groups attached to an aromatic ring is 1. The number of anilines is 1. The lowest BCUT2D eigenvalue weighted by atomic mass is 10.2. The molecule has 1 aromatic rings. The smallest absolute Gasteiger partial charge is 0.328 e. The Morgan fingerprint density at radius 1 is 1.42 bits per heavy atom. The fourth-order valence-corrected chi connectivity index (χ4v) is 3.06. The Kier molecular flexibility index (Phi) is 5.19. The molecule has 0 aliphatic rings. The second-order valence-electron chi connectivity index (χ2n) is 4.00. The Hall–Kier alpha value is -1.28. The minimum Gasteiger partial charge on any atom is -0.398 e. The summed E-state index contributed by atoms with van der Waals surface area (Å²) in [5.74, 6) is 0. The first-order chi connectivity index (χ1) is 8.77. The van der Waals surface area contributed by atoms with Gasteiger partial charge in [-0.1, -0.05) is 6.92 Å². The van der Waals surface area contributed by atoms with Gasteiger partial charge in [-0.2, -0.15) is 0 Å². The highest BCUT2D eigenvalue weighted by Crippen LogP contribution is 2.26. The second kappa shape index (κ2) is 6.25. The molecule has 6 nitrogen and oxygen atoms in total. The lowest BCUT2D eigenvalue weighted by Crippen LogP contribution is -2.39. The molecule has 1 aromatic carbocycles. The third kappa shape index (κ3) is 4.10. The van der Waals surface area contributed by atoms with Crippen molar-refractivity contribution < 1.29 is 13.2 Å². The molecule has 0 fully saturated rings. The summed E-state index contributed by atoms with van der Waals surface area (Å²) in [6.45, 7) is 3.90. The van der Waals surface area contributed by atoms with Gasteiger partial charge in [-0.05, 0) is 47.0 Å². The maximum absolute atomic E-state index is 12.0. The Balaban J connectivity index is 3.01. The normalized spacial score (nSPS) is 11.1. The van der Waals surface area contributed by atoms with Crippen molar-refractivity contribution in [2.75, 3.05) is 12.3 Å². The number of halogens is 1. The molecule has 0 spiro atoms. The molecule has 0 atom stereocenters. The Labute approximate surface area is 120 Å². The predicted molar refractivity (Wildman–Crippen MR) is 77.3 cm³/mol. The van der Waals surface area contributed by atoms with Crippen molar-refractivity contribution in [3.8, 4) is 0 Å². The number of benzene rings is 1. The topological polar surface area (TPSA) is 101 Å². The maximum atomic E-state index is 12.0. The minimum absolute atomic E-state index is 0.0140. The van der Waals surface area contributed by atoms with Gasteiger partial charge >= 0.3 is 6.03 Å². The van der Waals surface area contributed by atoms with Crippen LogP contribution in [0.1, 0.15) is 18.9 Å². The van der Waals surface area contributed by atoms with Crippen LogP contribution < -0.4 is 15.8 Å². The first-order valence-electron chi connectivity index (χ1n) is 5.64. The van der Waals surface area contributed by atoms with Crippen molar-refractivity contribution >= 4 is 37.7 Å². The number of nitrogens with two attached hydrogens (primary N) is 1. The van der Waals surface area contributed by atoms with Crippen LogP contribution in [0.3, 0.4) is 0 Å². The number of amides is 2. The molecule has 0 saturated heterocycles. The average Bonchev–Trinajstić information content (AvgIpc) is 2.30. The molecule has 2 amide bonds. The molecule has 0 aromatic heterocycles. The van der Waals surface area contributed by atoms with E-state index in [4.69, 9.17) is 5.73 Å². The predicted octanol–water partition coefficient (Wildman–Crippen LogP) is 1.74. The summed E-state index contributed by atoms with van der Waals surface area (Å²) in [4.78, 5) is 11.4. The number of carbonyl (C=O) groups is 1. The van der Waals surface area contributed by atoms with Crippen LogP contribution in [-0.4, -0.2) is 21.0 Å². The third-order valence-corrected chi connectivity index (χ3v) is 4.51. The van der Waals surface area contributed by atoms with Crippen molar-refractivity contribution in [1.29, 1.82) is 0 Å². The lowest BCUT2D eigenvalue weighted by Gasteiger charge is -2.11. The van der Waals surface area contributed by atoms with Crippen molar-refractivity contribution in [1.82, 2.24) is 10.0 Å². The zero-order valence-corrected chi connectivity index (χ0v) is 13.1. The van der Waals surface area contributed by atoms with E-state index in [-0.39, 0.29) is 4.90 Å². The molecule has 0 radical (unpaired) electrons. The molecule has 1 rings (SSSR count). The molecule has 8 heteroatoms. The van der Waals surface area contributed by atoms with Crippen LogP contribution in [0.15, 0.2) is 21.5 Å². The van der Waals surface area contributed by atoms with Crippen LogP contribution in [0.5, 0.6) is 0 Å². The highest BCUT2D eigenvalue weighted by Gasteiger charge is 2.20. The number of hydrogen-bond acceptors (Lipinski definition) is 4. The molecule has 19 heavy (non-hydrogen) atoms. The zero-order valence-electron chi connectivity index (χ0n) is 10.7. The van der Waals surface area contributed by atoms with Gasteiger partial charge < -0.3 is 11.1 Å². The zero-order chi connectivity index (χ0) is 14.6. The second-order valence-corrected chi connectivity index (χ2v) is 6.51. The number of carbonyl (C=O) groups excluding carboxylic acids is 1. The minimum atomic E-state index is -3.92. The molecule has 0 saturated carbocycles. The fourth-order valence-electron chi connectivity index (χ4n) is 1.41. The van der Waals surface area contributed by atoms with Crippen LogP contribution >= 0.6 is 15.9 Å². The molecule has 0 aliphatic carbocycles. The van der Waals surface area contributed by atoms with Gasteiger partial charge in [0, 0.05) is 16.7 Å². The van der Waals surface area contributed by atoms with Gasteiger partial charge in [0.05, 0.1) is 4.90 Å². The Morgan fingerprint density at radius 3 is 2.63 bits per heavy atom. The Bertz CT molecular complexity index is 587. The summed E-state index contributed by atoms with van der Waals surface area (Å²) >= 11 is 3.21. The quantitative estimate of drug-likeness (QED) is 0.720. The highest BCUT2D eigenvalue weighted by atomic mass is 79.9. The van der Waals surface area contributed by atoms with Gasteiger partial charge in [-0.25, -0.2) is 17.9 Å². The van der Waals surface area contributed by atoms with Gasteiger partial charge in [0.1, 0.15) is 0 Å². The van der Waals surface area contributed by atoms with Gasteiger partial charge in [0.2, 0.25) is 0 Å². The SMILES string of the molecule is CCCNC(=O)NS(=O)(=O)c1cc(N)c(Br)cc1C. The monoisotopic (exact) mass is 349 g/mol. The average molecular weight is 350 g/mol. The van der Waals surface area contributed by atoms with E-state index in [1.807, 2.05) is 11.6 Å². The van der Waals surface area contributed by atoms with E-state index in [1.165, 1.54) is 6.07 Å². The third-order valence-electron chi connectivity index (χ3n) is 2.35. The van der Waals surface area contributed by atoms with Crippen molar-refractivity contribution in [3.63, 3.8) is 0 Å². The number of rotatable bonds is 4. The fraction of sp³-hybridized carbons (Fsp3) is 0.364. The van der Waals surface area contributed by atoms with E-state index in [0.29, 0.717) is 22.3 Å². The summed E-state index contributed by atoms with van der Waals surface area (Å²) in [5, 5.41) is 2.43. The lowest BCUT2D eigenvalue weighted by molar-refractivity contribution is 0.246. The Morgan fingerprint density at radius 2 is 2.05 bits per heavy atom. The van der Waals surface area contributed by atoms with E-state index < -0.39 is 16.1 Å². The summed E-state index contributed by atoms with van der Waals surface area (Å²) < 4.78 is 26.7. The van der Waals surface area contributed by atoms with E-state index in [0.717, 1.165) is 6.42 Å². The summed E-state index contributed by atoms with van der Waals surface area (Å²) in [6.07, 6.45) is 0.720. The van der Waals surface area contributed by atoms with Crippen LogP contribution in [0, 0.1) is 6.92 Å². The van der Waals surface area contributed by atoms with Gasteiger partial charge in [0.25, 0.3) is 10.0 Å². The van der Waals surface area contributed by atoms with Gasteiger partial charge in [-0.15, -0.1) is 0 Å². The largest absolute Gasteiger partial charge is 0.398 e. The van der Waals surface area contributed by atoms with Crippen molar-refractivity contribution in [3.05, 3.63) is 22.2 Å². The van der Waals surface area contributed by atoms with E-state index >= 15 is 0 Å². The van der Waals surface area contributed by atoms with E-state index in [9.17, 15) is 13.2 Å². The van der Waals surface area contributed by atoms with E-state index in [2.05, 4.69) is 21.2 Å². The number of sulfonamides is 1. The molecule has 0 aliphatic heterocycles. The van der Waals surface area contributed by atoms with Crippen LogP contribution in [0.4, 0.5) is 10.5 Å². The summed E-state index contributed by atoms with van der Waals surface area (Å²) in [7, 11) is -3.92. The molecular formula is C11H16BrN3O3S. The van der Waals surface area contributed by atoms with Crippen LogP contribution in [-0.2, 0) is 10.0 Å². The molecule has 0 bridgehead atoms. The standard InChI is InChI=1S/C11H16BrN3O3S/c1-3-4-14-11(16)15-19(17,18)10-6-9(13)8(12)5-7(10)2/h5-6H,3-4,13H2,1-2H3,(H2,14,15,16). The molecule has 0 unspecified atom stereocenters. The highest BCUT2D eigenvalue weighted by molar-refractivity contribution is 9.10. The van der Waals surface area contributed by atoms with Gasteiger partial charge in [-0.3, -0.25) is 0 Å². The molecule has 4 N–H and O–H groups in total. The number of aryl methyl sites for hydroxylation is 1.